The lowest BCUT2D eigenvalue weighted by molar-refractivity contribution is 0.0664. The SMILES string of the molecule is Cc1c(C(=O)O)oc2c(Cl)cc(-c3ccccc3)cc12. The first kappa shape index (κ1) is 12.8. The monoisotopic (exact) mass is 286 g/mol. The van der Waals surface area contributed by atoms with E-state index in [-0.39, 0.29) is 5.76 Å². The third-order valence-electron chi connectivity index (χ3n) is 3.29. The Kier molecular flexibility index (Phi) is 2.99. The topological polar surface area (TPSA) is 50.4 Å². The van der Waals surface area contributed by atoms with E-state index in [1.165, 1.54) is 0 Å². The number of aryl methyl sites for hydroxylation is 1. The van der Waals surface area contributed by atoms with Crippen LogP contribution < -0.4 is 0 Å². The zero-order chi connectivity index (χ0) is 14.3. The van der Waals surface area contributed by atoms with E-state index in [9.17, 15) is 4.79 Å². The zero-order valence-electron chi connectivity index (χ0n) is 10.7. The number of aromatic carboxylic acids is 1. The Morgan fingerprint density at radius 3 is 2.50 bits per heavy atom. The largest absolute Gasteiger partial charge is 0.475 e. The summed E-state index contributed by atoms with van der Waals surface area (Å²) in [6.07, 6.45) is 0. The summed E-state index contributed by atoms with van der Waals surface area (Å²) in [4.78, 5) is 11.1. The van der Waals surface area contributed by atoms with E-state index in [4.69, 9.17) is 21.1 Å². The maximum atomic E-state index is 11.1. The van der Waals surface area contributed by atoms with Crippen molar-refractivity contribution >= 4 is 28.5 Å². The maximum absolute atomic E-state index is 11.1. The standard InChI is InChI=1S/C16H11ClO3/c1-9-12-7-11(10-5-3-2-4-6-10)8-13(17)15(12)20-14(9)16(18)19/h2-8H,1H3,(H,18,19). The van der Waals surface area contributed by atoms with Gasteiger partial charge in [-0.05, 0) is 30.2 Å². The summed E-state index contributed by atoms with van der Waals surface area (Å²) in [7, 11) is 0. The maximum Gasteiger partial charge on any atom is 0.372 e. The van der Waals surface area contributed by atoms with Crippen LogP contribution in [0.4, 0.5) is 0 Å². The quantitative estimate of drug-likeness (QED) is 0.739. The summed E-state index contributed by atoms with van der Waals surface area (Å²) in [5.41, 5.74) is 2.96. The van der Waals surface area contributed by atoms with Crippen LogP contribution in [-0.4, -0.2) is 11.1 Å². The van der Waals surface area contributed by atoms with Gasteiger partial charge >= 0.3 is 5.97 Å². The summed E-state index contributed by atoms with van der Waals surface area (Å²) >= 11 is 6.22. The molecule has 3 nitrogen and oxygen atoms in total. The molecule has 0 spiro atoms. The number of carbonyl (C=O) groups is 1. The van der Waals surface area contributed by atoms with Crippen molar-refractivity contribution in [1.82, 2.24) is 0 Å². The first-order chi connectivity index (χ1) is 9.58. The van der Waals surface area contributed by atoms with Gasteiger partial charge in [-0.15, -0.1) is 0 Å². The van der Waals surface area contributed by atoms with Crippen LogP contribution in [0.2, 0.25) is 5.02 Å². The fraction of sp³-hybridized carbons (Fsp3) is 0.0625. The number of furan rings is 1. The van der Waals surface area contributed by atoms with E-state index in [0.717, 1.165) is 16.5 Å². The van der Waals surface area contributed by atoms with Crippen molar-refractivity contribution in [2.24, 2.45) is 0 Å². The average molecular weight is 287 g/mol. The van der Waals surface area contributed by atoms with Crippen LogP contribution >= 0.6 is 11.6 Å². The fourth-order valence-corrected chi connectivity index (χ4v) is 2.54. The molecule has 0 radical (unpaired) electrons. The number of hydrogen-bond donors (Lipinski definition) is 1. The second-order valence-corrected chi connectivity index (χ2v) is 4.97. The number of rotatable bonds is 2. The van der Waals surface area contributed by atoms with E-state index >= 15 is 0 Å². The normalized spacial score (nSPS) is 10.9. The molecule has 1 aromatic heterocycles. The van der Waals surface area contributed by atoms with Crippen molar-refractivity contribution in [2.75, 3.05) is 0 Å². The Hall–Kier alpha value is -2.26. The van der Waals surface area contributed by atoms with Gasteiger partial charge in [-0.2, -0.15) is 0 Å². The molecule has 4 heteroatoms. The molecule has 0 bridgehead atoms. The van der Waals surface area contributed by atoms with Crippen LogP contribution in [-0.2, 0) is 0 Å². The molecule has 0 saturated heterocycles. The molecule has 0 amide bonds. The predicted molar refractivity (Wildman–Crippen MR) is 78.4 cm³/mol. The van der Waals surface area contributed by atoms with E-state index in [1.807, 2.05) is 36.4 Å². The van der Waals surface area contributed by atoms with Gasteiger partial charge in [0.2, 0.25) is 5.76 Å². The van der Waals surface area contributed by atoms with Gasteiger partial charge in [-0.25, -0.2) is 4.79 Å². The molecule has 0 aliphatic heterocycles. The fourth-order valence-electron chi connectivity index (χ4n) is 2.28. The van der Waals surface area contributed by atoms with Crippen molar-refractivity contribution in [1.29, 1.82) is 0 Å². The second kappa shape index (κ2) is 4.69. The molecular formula is C16H11ClO3. The molecule has 0 saturated carbocycles. The van der Waals surface area contributed by atoms with Crippen LogP contribution in [0, 0.1) is 6.92 Å². The van der Waals surface area contributed by atoms with Gasteiger partial charge in [0.05, 0.1) is 5.02 Å². The highest BCUT2D eigenvalue weighted by Gasteiger charge is 2.19. The van der Waals surface area contributed by atoms with E-state index in [2.05, 4.69) is 0 Å². The molecule has 1 N–H and O–H groups in total. The average Bonchev–Trinajstić information content (AvgIpc) is 2.78. The van der Waals surface area contributed by atoms with Crippen molar-refractivity contribution < 1.29 is 14.3 Å². The lowest BCUT2D eigenvalue weighted by Gasteiger charge is -2.03. The van der Waals surface area contributed by atoms with Crippen LogP contribution in [0.5, 0.6) is 0 Å². The van der Waals surface area contributed by atoms with Crippen molar-refractivity contribution in [3.8, 4) is 11.1 Å². The number of halogens is 1. The molecular weight excluding hydrogens is 276 g/mol. The highest BCUT2D eigenvalue weighted by atomic mass is 35.5. The summed E-state index contributed by atoms with van der Waals surface area (Å²) in [5.74, 6) is -1.15. The minimum Gasteiger partial charge on any atom is -0.475 e. The van der Waals surface area contributed by atoms with Crippen LogP contribution in [0.3, 0.4) is 0 Å². The van der Waals surface area contributed by atoms with Gasteiger partial charge in [0, 0.05) is 10.9 Å². The number of fused-ring (bicyclic) bond motifs is 1. The molecule has 0 aliphatic rings. The highest BCUT2D eigenvalue weighted by Crippen LogP contribution is 2.35. The summed E-state index contributed by atoms with van der Waals surface area (Å²) in [6, 6.07) is 13.5. The lowest BCUT2D eigenvalue weighted by atomic mass is 10.0. The summed E-state index contributed by atoms with van der Waals surface area (Å²) < 4.78 is 5.35. The van der Waals surface area contributed by atoms with Crippen molar-refractivity contribution in [3.63, 3.8) is 0 Å². The van der Waals surface area contributed by atoms with Crippen LogP contribution in [0.15, 0.2) is 46.9 Å². The number of benzene rings is 2. The molecule has 0 aliphatic carbocycles. The van der Waals surface area contributed by atoms with Crippen molar-refractivity contribution in [2.45, 2.75) is 6.92 Å². The smallest absolute Gasteiger partial charge is 0.372 e. The molecule has 0 fully saturated rings. The minimum absolute atomic E-state index is 0.0629. The minimum atomic E-state index is -1.09. The third-order valence-corrected chi connectivity index (χ3v) is 3.57. The third kappa shape index (κ3) is 1.96. The Labute approximate surface area is 120 Å². The van der Waals surface area contributed by atoms with Gasteiger partial charge in [0.1, 0.15) is 0 Å². The number of carboxylic acid groups (broad SMARTS) is 1. The molecule has 0 unspecified atom stereocenters. The lowest BCUT2D eigenvalue weighted by Crippen LogP contribution is -1.95. The zero-order valence-corrected chi connectivity index (χ0v) is 11.4. The summed E-state index contributed by atoms with van der Waals surface area (Å²) in [6.45, 7) is 1.72. The van der Waals surface area contributed by atoms with Gasteiger partial charge in [-0.3, -0.25) is 0 Å². The molecule has 0 atom stereocenters. The molecule has 2 aromatic carbocycles. The highest BCUT2D eigenvalue weighted by molar-refractivity contribution is 6.35. The van der Waals surface area contributed by atoms with E-state index in [1.54, 1.807) is 13.0 Å². The number of hydrogen-bond acceptors (Lipinski definition) is 2. The molecule has 3 aromatic rings. The van der Waals surface area contributed by atoms with Crippen molar-refractivity contribution in [3.05, 3.63) is 58.8 Å². The van der Waals surface area contributed by atoms with Gasteiger partial charge < -0.3 is 9.52 Å². The first-order valence-corrected chi connectivity index (χ1v) is 6.47. The first-order valence-electron chi connectivity index (χ1n) is 6.09. The van der Waals surface area contributed by atoms with Crippen LogP contribution in [0.25, 0.3) is 22.1 Å². The number of carboxylic acids is 1. The predicted octanol–water partition coefficient (Wildman–Crippen LogP) is 4.76. The van der Waals surface area contributed by atoms with Gasteiger partial charge in [-0.1, -0.05) is 41.9 Å². The molecule has 100 valence electrons. The molecule has 1 heterocycles. The second-order valence-electron chi connectivity index (χ2n) is 4.56. The molecule has 20 heavy (non-hydrogen) atoms. The Morgan fingerprint density at radius 2 is 1.85 bits per heavy atom. The Morgan fingerprint density at radius 1 is 1.15 bits per heavy atom. The van der Waals surface area contributed by atoms with Gasteiger partial charge in [0.15, 0.2) is 5.58 Å². The van der Waals surface area contributed by atoms with Gasteiger partial charge in [0.25, 0.3) is 0 Å². The Balaban J connectivity index is 2.29. The van der Waals surface area contributed by atoms with Crippen LogP contribution in [0.1, 0.15) is 16.1 Å². The molecule has 3 rings (SSSR count). The van der Waals surface area contributed by atoms with E-state index in [0.29, 0.717) is 16.2 Å². The Bertz CT molecular complexity index is 803. The summed E-state index contributed by atoms with van der Waals surface area (Å²) in [5, 5.41) is 10.3. The van der Waals surface area contributed by atoms with E-state index < -0.39 is 5.97 Å².